The van der Waals surface area contributed by atoms with Gasteiger partial charge >= 0.3 is 12.1 Å². The number of carbonyl (C=O) groups is 3. The molecule has 0 fully saturated rings. The lowest BCUT2D eigenvalue weighted by molar-refractivity contribution is -0.142. The van der Waals surface area contributed by atoms with E-state index in [0.717, 1.165) is 11.1 Å². The van der Waals surface area contributed by atoms with Crippen molar-refractivity contribution in [2.75, 3.05) is 12.4 Å². The minimum atomic E-state index is -0.635. The topological polar surface area (TPSA) is 106 Å². The molecule has 0 unspecified atom stereocenters. The molecule has 2 aromatic rings. The summed E-state index contributed by atoms with van der Waals surface area (Å²) in [6, 6.07) is 9.83. The number of methoxy groups -OCH3 is 1. The molecule has 0 radical (unpaired) electrons. The number of esters is 1. The molecule has 2 atom stereocenters. The van der Waals surface area contributed by atoms with Gasteiger partial charge in [-0.05, 0) is 50.5 Å². The summed E-state index contributed by atoms with van der Waals surface area (Å²) in [5, 5.41) is 9.65. The van der Waals surface area contributed by atoms with Crippen LogP contribution in [0.4, 0.5) is 10.5 Å². The molecule has 0 bridgehead atoms. The second-order valence-corrected chi connectivity index (χ2v) is 10.4. The summed E-state index contributed by atoms with van der Waals surface area (Å²) in [6.45, 7) is 5.77. The van der Waals surface area contributed by atoms with Crippen LogP contribution in [0.2, 0.25) is 10.0 Å². The fraction of sp³-hybridized carbons (Fsp3) is 0.423. The zero-order valence-corrected chi connectivity index (χ0v) is 22.3. The van der Waals surface area contributed by atoms with Gasteiger partial charge in [0, 0.05) is 40.7 Å². The molecule has 0 saturated heterocycles. The highest BCUT2D eigenvalue weighted by molar-refractivity contribution is 6.35. The van der Waals surface area contributed by atoms with Crippen molar-refractivity contribution < 1.29 is 23.9 Å². The Labute approximate surface area is 221 Å². The number of anilines is 1. The van der Waals surface area contributed by atoms with E-state index in [-0.39, 0.29) is 12.3 Å². The molecule has 0 aliphatic carbocycles. The highest BCUT2D eigenvalue weighted by Crippen LogP contribution is 2.40. The van der Waals surface area contributed by atoms with E-state index in [1.54, 1.807) is 12.1 Å². The number of hydrogen-bond acceptors (Lipinski definition) is 6. The number of amides is 2. The third kappa shape index (κ3) is 7.77. The van der Waals surface area contributed by atoms with Crippen LogP contribution in [-0.4, -0.2) is 36.7 Å². The number of carbonyl (C=O) groups excluding carboxylic acids is 3. The van der Waals surface area contributed by atoms with Crippen molar-refractivity contribution in [2.24, 2.45) is 0 Å². The Bertz CT molecular complexity index is 1120. The van der Waals surface area contributed by atoms with Gasteiger partial charge in [0.1, 0.15) is 11.6 Å². The third-order valence-electron chi connectivity index (χ3n) is 5.56. The Hall–Kier alpha value is -2.97. The number of nitrogens with one attached hydrogen (secondary N) is 3. The molecule has 0 aromatic heterocycles. The van der Waals surface area contributed by atoms with E-state index in [4.69, 9.17) is 32.7 Å². The molecule has 10 heteroatoms. The van der Waals surface area contributed by atoms with Crippen LogP contribution in [0, 0.1) is 0 Å². The van der Waals surface area contributed by atoms with Gasteiger partial charge in [0.15, 0.2) is 0 Å². The van der Waals surface area contributed by atoms with Gasteiger partial charge in [0.05, 0.1) is 13.2 Å². The molecular formula is C26H31Cl2N3O5. The highest BCUT2D eigenvalue weighted by Gasteiger charge is 2.34. The zero-order chi connectivity index (χ0) is 26.5. The molecule has 1 aliphatic heterocycles. The summed E-state index contributed by atoms with van der Waals surface area (Å²) in [4.78, 5) is 36.8. The number of aryl methyl sites for hydroxylation is 1. The standard InChI is InChI=1S/C26H31Cl2N3O5/c1-26(2,3)36-25(34)29-14-16-7-5-15(6-8-16)9-10-22(32)31-20-13-21(24(33)35-4)30-19-12-17(27)11-18(28)23(19)20/h5-8,11-12,20-21,30H,9-10,13-14H2,1-4H3,(H,29,34)(H,31,32)/t20-,21+/m1/s1. The van der Waals surface area contributed by atoms with Crippen LogP contribution >= 0.6 is 23.2 Å². The predicted octanol–water partition coefficient (Wildman–Crippen LogP) is 5.17. The Morgan fingerprint density at radius 3 is 2.39 bits per heavy atom. The van der Waals surface area contributed by atoms with Crippen molar-refractivity contribution >= 4 is 46.9 Å². The number of ether oxygens (including phenoxy) is 2. The van der Waals surface area contributed by atoms with Crippen molar-refractivity contribution in [3.63, 3.8) is 0 Å². The average molecular weight is 536 g/mol. The first kappa shape index (κ1) is 27.6. The number of rotatable bonds is 7. The molecule has 8 nitrogen and oxygen atoms in total. The number of halogens is 2. The Kier molecular flexibility index (Phi) is 9.08. The van der Waals surface area contributed by atoms with Crippen molar-refractivity contribution in [3.8, 4) is 0 Å². The van der Waals surface area contributed by atoms with Gasteiger partial charge in [-0.25, -0.2) is 9.59 Å². The maximum absolute atomic E-state index is 12.8. The summed E-state index contributed by atoms with van der Waals surface area (Å²) < 4.78 is 10.1. The first-order valence-corrected chi connectivity index (χ1v) is 12.4. The van der Waals surface area contributed by atoms with Crippen LogP contribution in [-0.2, 0) is 32.0 Å². The Morgan fingerprint density at radius 1 is 1.08 bits per heavy atom. The smallest absolute Gasteiger partial charge is 0.407 e. The number of fused-ring (bicyclic) bond motifs is 1. The molecule has 0 spiro atoms. The fourth-order valence-electron chi connectivity index (χ4n) is 3.92. The van der Waals surface area contributed by atoms with Crippen molar-refractivity contribution in [1.29, 1.82) is 0 Å². The van der Waals surface area contributed by atoms with Crippen molar-refractivity contribution in [1.82, 2.24) is 10.6 Å². The maximum atomic E-state index is 12.8. The van der Waals surface area contributed by atoms with Gasteiger partial charge in [0.25, 0.3) is 0 Å². The maximum Gasteiger partial charge on any atom is 0.407 e. The van der Waals surface area contributed by atoms with Crippen LogP contribution in [0.15, 0.2) is 36.4 Å². The number of benzene rings is 2. The van der Waals surface area contributed by atoms with Crippen LogP contribution < -0.4 is 16.0 Å². The van der Waals surface area contributed by atoms with Crippen LogP contribution in [0.3, 0.4) is 0 Å². The minimum absolute atomic E-state index is 0.168. The molecule has 3 N–H and O–H groups in total. The highest BCUT2D eigenvalue weighted by atomic mass is 35.5. The molecule has 3 rings (SSSR count). The summed E-state index contributed by atoms with van der Waals surface area (Å²) in [5.74, 6) is -0.601. The molecular weight excluding hydrogens is 505 g/mol. The third-order valence-corrected chi connectivity index (χ3v) is 6.10. The quantitative estimate of drug-likeness (QED) is 0.422. The second-order valence-electron chi connectivity index (χ2n) is 9.60. The summed E-state index contributed by atoms with van der Waals surface area (Å²) in [6.07, 6.45) is 0.604. The lowest BCUT2D eigenvalue weighted by Gasteiger charge is -2.33. The van der Waals surface area contributed by atoms with E-state index >= 15 is 0 Å². The van der Waals surface area contributed by atoms with Crippen molar-refractivity contribution in [3.05, 3.63) is 63.1 Å². The van der Waals surface area contributed by atoms with E-state index in [9.17, 15) is 14.4 Å². The number of hydrogen-bond donors (Lipinski definition) is 3. The van der Waals surface area contributed by atoms with Gasteiger partial charge in [-0.2, -0.15) is 0 Å². The largest absolute Gasteiger partial charge is 0.467 e. The van der Waals surface area contributed by atoms with Gasteiger partial charge < -0.3 is 25.4 Å². The number of alkyl carbamates (subject to hydrolysis) is 1. The van der Waals surface area contributed by atoms with E-state index in [2.05, 4.69) is 16.0 Å². The van der Waals surface area contributed by atoms with E-state index in [0.29, 0.717) is 40.7 Å². The van der Waals surface area contributed by atoms with E-state index in [1.807, 2.05) is 45.0 Å². The van der Waals surface area contributed by atoms with Crippen molar-refractivity contribution in [2.45, 2.75) is 64.3 Å². The van der Waals surface area contributed by atoms with Gasteiger partial charge in [0.2, 0.25) is 5.91 Å². The molecule has 36 heavy (non-hydrogen) atoms. The van der Waals surface area contributed by atoms with Crippen LogP contribution in [0.5, 0.6) is 0 Å². The summed E-state index contributed by atoms with van der Waals surface area (Å²) in [5.41, 5.74) is 2.63. The first-order valence-electron chi connectivity index (χ1n) is 11.6. The lowest BCUT2D eigenvalue weighted by atomic mass is 9.92. The van der Waals surface area contributed by atoms with E-state index < -0.39 is 29.7 Å². The molecule has 1 heterocycles. The second kappa shape index (κ2) is 11.8. The summed E-state index contributed by atoms with van der Waals surface area (Å²) in [7, 11) is 1.32. The fourth-order valence-corrected chi connectivity index (χ4v) is 4.55. The van der Waals surface area contributed by atoms with Crippen LogP contribution in [0.1, 0.15) is 56.3 Å². The average Bonchev–Trinajstić information content (AvgIpc) is 2.79. The molecule has 2 aromatic carbocycles. The Balaban J connectivity index is 1.57. The molecule has 0 saturated carbocycles. The molecule has 194 valence electrons. The lowest BCUT2D eigenvalue weighted by Crippen LogP contribution is -2.41. The SMILES string of the molecule is COC(=O)[C@@H]1C[C@@H](NC(=O)CCc2ccc(CNC(=O)OC(C)(C)C)cc2)c2c(Cl)cc(Cl)cc2N1. The zero-order valence-electron chi connectivity index (χ0n) is 20.7. The Morgan fingerprint density at radius 2 is 1.75 bits per heavy atom. The van der Waals surface area contributed by atoms with Gasteiger partial charge in [-0.3, -0.25) is 4.79 Å². The molecule has 2 amide bonds. The molecule has 1 aliphatic rings. The summed E-state index contributed by atoms with van der Waals surface area (Å²) >= 11 is 12.6. The van der Waals surface area contributed by atoms with Gasteiger partial charge in [-0.1, -0.05) is 47.5 Å². The predicted molar refractivity (Wildman–Crippen MR) is 139 cm³/mol. The minimum Gasteiger partial charge on any atom is -0.467 e. The van der Waals surface area contributed by atoms with E-state index in [1.165, 1.54) is 7.11 Å². The monoisotopic (exact) mass is 535 g/mol. The van der Waals surface area contributed by atoms with Crippen LogP contribution in [0.25, 0.3) is 0 Å². The first-order chi connectivity index (χ1) is 16.9. The van der Waals surface area contributed by atoms with Gasteiger partial charge in [-0.15, -0.1) is 0 Å². The normalized spacial score (nSPS) is 16.8.